The van der Waals surface area contributed by atoms with E-state index in [1.54, 1.807) is 57.0 Å². The molecule has 1 unspecified atom stereocenters. The Hall–Kier alpha value is -4.10. The number of aromatic nitrogens is 8. The van der Waals surface area contributed by atoms with Gasteiger partial charge in [0.2, 0.25) is 21.0 Å². The highest BCUT2D eigenvalue weighted by Crippen LogP contribution is 2.48. The Morgan fingerprint density at radius 1 is 0.712 bits per heavy atom. The number of nitrogen functional groups attached to an aromatic ring is 2. The van der Waals surface area contributed by atoms with Crippen molar-refractivity contribution >= 4 is 60.9 Å². The van der Waals surface area contributed by atoms with Crippen molar-refractivity contribution in [2.24, 2.45) is 10.8 Å². The largest absolute Gasteiger partial charge is 0.438 e. The lowest BCUT2D eigenvalue weighted by atomic mass is 9.98. The van der Waals surface area contributed by atoms with Crippen LogP contribution in [-0.4, -0.2) is 102 Å². The Labute approximate surface area is 299 Å². The first-order valence-electron chi connectivity index (χ1n) is 15.7. The molecule has 0 aliphatic heterocycles. The summed E-state index contributed by atoms with van der Waals surface area (Å²) in [6.07, 6.45) is 5.18. The van der Waals surface area contributed by atoms with Gasteiger partial charge in [-0.2, -0.15) is 0 Å². The molecule has 0 spiro atoms. The molecule has 0 bridgehead atoms. The number of carbonyl (C=O) groups is 2. The summed E-state index contributed by atoms with van der Waals surface area (Å²) in [4.78, 5) is 57.1. The summed E-state index contributed by atoms with van der Waals surface area (Å²) in [6, 6.07) is 0. The van der Waals surface area contributed by atoms with Crippen LogP contribution in [0, 0.1) is 10.8 Å². The molecule has 4 aromatic rings. The van der Waals surface area contributed by atoms with Gasteiger partial charge in [0.05, 0.1) is 36.7 Å². The van der Waals surface area contributed by atoms with E-state index in [0.717, 1.165) is 0 Å². The van der Waals surface area contributed by atoms with Gasteiger partial charge in [-0.1, -0.05) is 0 Å². The smallest absolute Gasteiger partial charge is 0.361 e. The summed E-state index contributed by atoms with van der Waals surface area (Å²) in [5.74, 6) is -0.515. The van der Waals surface area contributed by atoms with Crippen molar-refractivity contribution in [2.75, 3.05) is 57.6 Å². The molecule has 0 saturated heterocycles. The summed E-state index contributed by atoms with van der Waals surface area (Å²) in [6.45, 7) is 11.2. The number of fused-ring (bicyclic) bond motifs is 2. The van der Waals surface area contributed by atoms with Gasteiger partial charge in [0, 0.05) is 19.8 Å². The Bertz CT molecular complexity index is 1860. The molecule has 0 aliphatic rings. The van der Waals surface area contributed by atoms with Crippen molar-refractivity contribution < 1.29 is 51.6 Å². The number of nitrogens with two attached hydrogens (primary N) is 2. The first-order valence-corrected chi connectivity index (χ1v) is 19.7. The van der Waals surface area contributed by atoms with E-state index in [4.69, 9.17) is 44.4 Å². The number of anilines is 2. The fourth-order valence-electron chi connectivity index (χ4n) is 3.73. The van der Waals surface area contributed by atoms with E-state index < -0.39 is 57.7 Å². The zero-order chi connectivity index (χ0) is 38.7. The van der Waals surface area contributed by atoms with Crippen LogP contribution in [0.25, 0.3) is 22.3 Å². The third-order valence-electron chi connectivity index (χ3n) is 6.50. The second kappa shape index (κ2) is 18.1. The highest BCUT2D eigenvalue weighted by molar-refractivity contribution is 7.56. The lowest BCUT2D eigenvalue weighted by Gasteiger charge is -2.22. The van der Waals surface area contributed by atoms with Crippen LogP contribution in [0.5, 0.6) is 0 Å². The molecule has 0 fully saturated rings. The van der Waals surface area contributed by atoms with Crippen LogP contribution in [0.1, 0.15) is 41.5 Å². The normalized spacial score (nSPS) is 13.4. The predicted molar refractivity (Wildman–Crippen MR) is 187 cm³/mol. The summed E-state index contributed by atoms with van der Waals surface area (Å²) in [7, 11) is -7.07. The summed E-state index contributed by atoms with van der Waals surface area (Å²) in [5, 5.41) is 0. The number of carbonyl (C=O) groups excluding carboxylic acids is 2. The Morgan fingerprint density at radius 3 is 1.50 bits per heavy atom. The zero-order valence-corrected chi connectivity index (χ0v) is 31.9. The summed E-state index contributed by atoms with van der Waals surface area (Å²) >= 11 is 0. The van der Waals surface area contributed by atoms with Gasteiger partial charge in [-0.05, 0) is 41.5 Å². The van der Waals surface area contributed by atoms with Crippen molar-refractivity contribution in [3.63, 3.8) is 0 Å². The van der Waals surface area contributed by atoms with E-state index in [-0.39, 0.29) is 18.8 Å². The maximum absolute atomic E-state index is 13.1. The summed E-state index contributed by atoms with van der Waals surface area (Å²) < 4.78 is 58.5. The SMILES string of the molecule is CC(C)(C)C(=O)OCOP(=O)(COCCn1cnc2c(N)ncnc21)OCOC(=O)C(C)(C)C.CP(=O)(O)COCCn1cnc2c(N)ncnc21. The zero-order valence-electron chi connectivity index (χ0n) is 30.1. The number of rotatable bonds is 16. The molecule has 0 saturated carbocycles. The van der Waals surface area contributed by atoms with Gasteiger partial charge in [-0.3, -0.25) is 27.8 Å². The maximum Gasteiger partial charge on any atom is 0.361 e. The summed E-state index contributed by atoms with van der Waals surface area (Å²) in [5.41, 5.74) is 12.0. The Morgan fingerprint density at radius 2 is 1.12 bits per heavy atom. The van der Waals surface area contributed by atoms with Crippen molar-refractivity contribution in [1.82, 2.24) is 39.0 Å². The van der Waals surface area contributed by atoms with Crippen LogP contribution in [0.4, 0.5) is 11.6 Å². The van der Waals surface area contributed by atoms with E-state index in [9.17, 15) is 18.7 Å². The molecule has 0 radical (unpaired) electrons. The number of hydrogen-bond acceptors (Lipinski definition) is 18. The van der Waals surface area contributed by atoms with Gasteiger partial charge >= 0.3 is 19.5 Å². The van der Waals surface area contributed by atoms with E-state index in [1.165, 1.54) is 25.6 Å². The number of imidazole rings is 2. The fourth-order valence-corrected chi connectivity index (χ4v) is 5.20. The van der Waals surface area contributed by atoms with Gasteiger partial charge in [0.15, 0.2) is 22.9 Å². The molecule has 4 heterocycles. The maximum atomic E-state index is 13.1. The van der Waals surface area contributed by atoms with Crippen LogP contribution < -0.4 is 11.5 Å². The van der Waals surface area contributed by atoms with Crippen LogP contribution in [0.2, 0.25) is 0 Å². The van der Waals surface area contributed by atoms with Crippen molar-refractivity contribution in [3.05, 3.63) is 25.3 Å². The second-order valence-electron chi connectivity index (χ2n) is 13.3. The standard InChI is InChI=1S/C20H32N5O8P.C9H14N5O3P/c1-19(2,3)17(26)30-11-32-34(28,33-12-31-18(27)20(4,5)6)13-29-8-7-25-10-24-14-15(21)22-9-23-16(14)25;1-18(15,16)6-17-3-2-14-5-13-7-8(10)11-4-12-9(7)14/h9-10H,7-8,11-13H2,1-6H3,(H2,21,22,23);4-5H,2-3,6H2,1H3,(H,15,16)(H2,10,11,12). The fraction of sp³-hybridized carbons (Fsp3) is 0.586. The Kier molecular flexibility index (Phi) is 14.7. The van der Waals surface area contributed by atoms with E-state index >= 15 is 0 Å². The molecule has 4 rings (SSSR count). The molecule has 21 nitrogen and oxygen atoms in total. The molecule has 1 atom stereocenters. The van der Waals surface area contributed by atoms with Gasteiger partial charge in [0.1, 0.15) is 36.4 Å². The van der Waals surface area contributed by atoms with Gasteiger partial charge < -0.3 is 44.4 Å². The molecule has 0 aromatic carbocycles. The van der Waals surface area contributed by atoms with Crippen LogP contribution in [0.3, 0.4) is 0 Å². The topological polar surface area (TPSA) is 283 Å². The van der Waals surface area contributed by atoms with Gasteiger partial charge in [0.25, 0.3) is 0 Å². The lowest BCUT2D eigenvalue weighted by molar-refractivity contribution is -0.162. The van der Waals surface area contributed by atoms with Gasteiger partial charge in [-0.15, -0.1) is 0 Å². The third kappa shape index (κ3) is 13.1. The molecule has 52 heavy (non-hydrogen) atoms. The minimum atomic E-state index is -3.95. The van der Waals surface area contributed by atoms with E-state index in [0.29, 0.717) is 47.8 Å². The molecule has 5 N–H and O–H groups in total. The van der Waals surface area contributed by atoms with Gasteiger partial charge in [-0.25, -0.2) is 29.9 Å². The average molecular weight is 773 g/mol. The second-order valence-corrected chi connectivity index (χ2v) is 17.7. The number of esters is 2. The monoisotopic (exact) mass is 772 g/mol. The minimum Gasteiger partial charge on any atom is -0.438 e. The molecular weight excluding hydrogens is 726 g/mol. The molecule has 4 aromatic heterocycles. The van der Waals surface area contributed by atoms with E-state index in [1.807, 2.05) is 0 Å². The number of ether oxygens (including phenoxy) is 4. The Balaban J connectivity index is 0.000000338. The van der Waals surface area contributed by atoms with Crippen molar-refractivity contribution in [3.8, 4) is 0 Å². The first kappa shape index (κ1) is 42.3. The number of hydrogen-bond donors (Lipinski definition) is 3. The van der Waals surface area contributed by atoms with Crippen molar-refractivity contribution in [1.29, 1.82) is 0 Å². The first-order chi connectivity index (χ1) is 24.2. The molecule has 23 heteroatoms. The van der Waals surface area contributed by atoms with E-state index in [2.05, 4.69) is 29.9 Å². The predicted octanol–water partition coefficient (Wildman–Crippen LogP) is 2.99. The molecule has 288 valence electrons. The molecule has 0 amide bonds. The lowest BCUT2D eigenvalue weighted by Crippen LogP contribution is -2.25. The minimum absolute atomic E-state index is 0.0929. The quantitative estimate of drug-likeness (QED) is 0.0638. The molecular formula is C29H46N10O11P2. The third-order valence-corrected chi connectivity index (χ3v) is 8.65. The van der Waals surface area contributed by atoms with Crippen molar-refractivity contribution in [2.45, 2.75) is 54.6 Å². The highest BCUT2D eigenvalue weighted by atomic mass is 31.2. The molecule has 0 aliphatic carbocycles. The average Bonchev–Trinajstić information content (AvgIpc) is 3.66. The van der Waals surface area contributed by atoms with Crippen LogP contribution >= 0.6 is 15.0 Å². The van der Waals surface area contributed by atoms with Crippen LogP contribution in [-0.2, 0) is 59.8 Å². The van der Waals surface area contributed by atoms with Crippen LogP contribution in [0.15, 0.2) is 25.3 Å². The number of nitrogens with zero attached hydrogens (tertiary/aromatic N) is 8. The highest BCUT2D eigenvalue weighted by Gasteiger charge is 2.30.